The Morgan fingerprint density at radius 2 is 2.42 bits per heavy atom. The second-order valence-corrected chi connectivity index (χ2v) is 3.16. The first-order valence-electron chi connectivity index (χ1n) is 4.17. The van der Waals surface area contributed by atoms with Gasteiger partial charge in [0.15, 0.2) is 0 Å². The molecule has 0 radical (unpaired) electrons. The van der Waals surface area contributed by atoms with E-state index in [2.05, 4.69) is 10.1 Å². The number of methoxy groups -OCH3 is 1. The maximum atomic E-state index is 11.1. The normalized spacial score (nSPS) is 29.8. The van der Waals surface area contributed by atoms with Crippen molar-refractivity contribution >= 4 is 5.97 Å². The highest BCUT2D eigenvalue weighted by molar-refractivity contribution is 5.72. The van der Waals surface area contributed by atoms with Gasteiger partial charge in [0, 0.05) is 19.7 Å². The molecule has 0 saturated carbocycles. The van der Waals surface area contributed by atoms with Gasteiger partial charge < -0.3 is 15.2 Å². The number of aliphatic hydroxyl groups is 1. The van der Waals surface area contributed by atoms with E-state index < -0.39 is 0 Å². The number of carbonyl (C=O) groups excluding carboxylic acids is 1. The molecule has 0 aliphatic carbocycles. The number of rotatable bonds is 2. The Bertz CT molecular complexity index is 160. The summed E-state index contributed by atoms with van der Waals surface area (Å²) in [6, 6.07) is 0. The fourth-order valence-corrected chi connectivity index (χ4v) is 1.52. The third-order valence-electron chi connectivity index (χ3n) is 2.23. The fourth-order valence-electron chi connectivity index (χ4n) is 1.52. The number of carbonyl (C=O) groups is 1. The molecule has 1 aliphatic heterocycles. The molecule has 4 nitrogen and oxygen atoms in total. The lowest BCUT2D eigenvalue weighted by Crippen LogP contribution is -2.41. The van der Waals surface area contributed by atoms with Crippen LogP contribution >= 0.6 is 0 Å². The molecule has 1 heterocycles. The van der Waals surface area contributed by atoms with Gasteiger partial charge in [0.05, 0.1) is 13.0 Å². The van der Waals surface area contributed by atoms with Crippen molar-refractivity contribution in [1.29, 1.82) is 0 Å². The Morgan fingerprint density at radius 1 is 1.67 bits per heavy atom. The molecule has 0 bridgehead atoms. The minimum absolute atomic E-state index is 0.0825. The van der Waals surface area contributed by atoms with Crippen LogP contribution in [0.15, 0.2) is 0 Å². The standard InChI is InChI=1S/C8H15NO3/c1-12-8(11)7-2-6(5-10)3-9-4-7/h6-7,9-10H,2-5H2,1H3/t6-,7+/m0/s1. The highest BCUT2D eigenvalue weighted by Crippen LogP contribution is 2.16. The number of hydrogen-bond acceptors (Lipinski definition) is 4. The number of esters is 1. The summed E-state index contributed by atoms with van der Waals surface area (Å²) in [4.78, 5) is 11.1. The summed E-state index contributed by atoms with van der Waals surface area (Å²) in [6.45, 7) is 1.60. The SMILES string of the molecule is COC(=O)[C@H]1CNC[C@@H](CO)C1. The molecule has 1 fully saturated rings. The van der Waals surface area contributed by atoms with E-state index in [1.165, 1.54) is 7.11 Å². The predicted molar refractivity (Wildman–Crippen MR) is 43.6 cm³/mol. The summed E-state index contributed by atoms with van der Waals surface area (Å²) in [7, 11) is 1.39. The van der Waals surface area contributed by atoms with E-state index in [0.717, 1.165) is 13.0 Å². The molecule has 1 rings (SSSR count). The van der Waals surface area contributed by atoms with E-state index in [-0.39, 0.29) is 24.4 Å². The second kappa shape index (κ2) is 4.42. The van der Waals surface area contributed by atoms with Gasteiger partial charge >= 0.3 is 5.97 Å². The quantitative estimate of drug-likeness (QED) is 0.546. The van der Waals surface area contributed by atoms with E-state index in [1.54, 1.807) is 0 Å². The van der Waals surface area contributed by atoms with Gasteiger partial charge in [0.2, 0.25) is 0 Å². The molecule has 1 saturated heterocycles. The van der Waals surface area contributed by atoms with Crippen LogP contribution in [0.3, 0.4) is 0 Å². The number of hydrogen-bond donors (Lipinski definition) is 2. The van der Waals surface area contributed by atoms with Gasteiger partial charge in [-0.2, -0.15) is 0 Å². The van der Waals surface area contributed by atoms with Crippen molar-refractivity contribution in [2.45, 2.75) is 6.42 Å². The van der Waals surface area contributed by atoms with E-state index in [0.29, 0.717) is 6.54 Å². The van der Waals surface area contributed by atoms with Gasteiger partial charge in [-0.15, -0.1) is 0 Å². The monoisotopic (exact) mass is 173 g/mol. The Kier molecular flexibility index (Phi) is 3.49. The minimum atomic E-state index is -0.180. The predicted octanol–water partition coefficient (Wildman–Crippen LogP) is -0.623. The van der Waals surface area contributed by atoms with Crippen LogP contribution in [0.1, 0.15) is 6.42 Å². The minimum Gasteiger partial charge on any atom is -0.469 e. The van der Waals surface area contributed by atoms with Gasteiger partial charge in [-0.25, -0.2) is 0 Å². The lowest BCUT2D eigenvalue weighted by atomic mass is 9.91. The molecule has 2 atom stereocenters. The first-order chi connectivity index (χ1) is 5.77. The molecule has 0 amide bonds. The summed E-state index contributed by atoms with van der Waals surface area (Å²) in [5, 5.41) is 12.0. The number of nitrogens with one attached hydrogen (secondary N) is 1. The molecule has 0 aromatic rings. The van der Waals surface area contributed by atoms with Crippen LogP contribution in [0.25, 0.3) is 0 Å². The van der Waals surface area contributed by atoms with Crippen LogP contribution in [0.4, 0.5) is 0 Å². The Morgan fingerprint density at radius 3 is 3.00 bits per heavy atom. The van der Waals surface area contributed by atoms with E-state index in [9.17, 15) is 4.79 Å². The molecule has 0 unspecified atom stereocenters. The third kappa shape index (κ3) is 2.19. The molecule has 0 aromatic heterocycles. The first kappa shape index (κ1) is 9.48. The van der Waals surface area contributed by atoms with E-state index in [4.69, 9.17) is 5.11 Å². The molecule has 0 spiro atoms. The highest BCUT2D eigenvalue weighted by Gasteiger charge is 2.26. The number of ether oxygens (including phenoxy) is 1. The Balaban J connectivity index is 2.40. The topological polar surface area (TPSA) is 58.6 Å². The van der Waals surface area contributed by atoms with Crippen molar-refractivity contribution in [2.24, 2.45) is 11.8 Å². The number of aliphatic hydroxyl groups excluding tert-OH is 1. The third-order valence-corrected chi connectivity index (χ3v) is 2.23. The second-order valence-electron chi connectivity index (χ2n) is 3.16. The van der Waals surface area contributed by atoms with Crippen LogP contribution in [0, 0.1) is 11.8 Å². The molecule has 2 N–H and O–H groups in total. The summed E-state index contributed by atoms with van der Waals surface area (Å²) in [5.41, 5.74) is 0. The zero-order valence-electron chi connectivity index (χ0n) is 7.25. The summed E-state index contributed by atoms with van der Waals surface area (Å²) in [6.07, 6.45) is 0.732. The Labute approximate surface area is 71.9 Å². The van der Waals surface area contributed by atoms with Crippen molar-refractivity contribution in [3.8, 4) is 0 Å². The van der Waals surface area contributed by atoms with Gasteiger partial charge in [-0.05, 0) is 12.3 Å². The van der Waals surface area contributed by atoms with Gasteiger partial charge in [0.1, 0.15) is 0 Å². The lowest BCUT2D eigenvalue weighted by Gasteiger charge is -2.26. The largest absolute Gasteiger partial charge is 0.469 e. The van der Waals surface area contributed by atoms with Crippen molar-refractivity contribution in [3.63, 3.8) is 0 Å². The van der Waals surface area contributed by atoms with Gasteiger partial charge in [-0.3, -0.25) is 4.79 Å². The molecule has 1 aliphatic rings. The Hall–Kier alpha value is -0.610. The van der Waals surface area contributed by atoms with Crippen molar-refractivity contribution in [3.05, 3.63) is 0 Å². The van der Waals surface area contributed by atoms with E-state index in [1.807, 2.05) is 0 Å². The molecule has 0 aromatic carbocycles. The first-order valence-corrected chi connectivity index (χ1v) is 4.17. The molecule has 12 heavy (non-hydrogen) atoms. The summed E-state index contributed by atoms with van der Waals surface area (Å²) >= 11 is 0. The molecular formula is C8H15NO3. The van der Waals surface area contributed by atoms with Crippen LogP contribution in [-0.4, -0.2) is 37.9 Å². The lowest BCUT2D eigenvalue weighted by molar-refractivity contribution is -0.146. The average molecular weight is 173 g/mol. The molecule has 4 heteroatoms. The smallest absolute Gasteiger partial charge is 0.309 e. The van der Waals surface area contributed by atoms with Gasteiger partial charge in [-0.1, -0.05) is 0 Å². The molecule has 70 valence electrons. The average Bonchev–Trinajstić information content (AvgIpc) is 2.17. The van der Waals surface area contributed by atoms with Crippen LogP contribution < -0.4 is 5.32 Å². The van der Waals surface area contributed by atoms with Crippen LogP contribution in [-0.2, 0) is 9.53 Å². The highest BCUT2D eigenvalue weighted by atomic mass is 16.5. The molecular weight excluding hydrogens is 158 g/mol. The van der Waals surface area contributed by atoms with Crippen molar-refractivity contribution < 1.29 is 14.6 Å². The van der Waals surface area contributed by atoms with E-state index >= 15 is 0 Å². The van der Waals surface area contributed by atoms with Crippen molar-refractivity contribution in [2.75, 3.05) is 26.8 Å². The van der Waals surface area contributed by atoms with Crippen LogP contribution in [0.5, 0.6) is 0 Å². The fraction of sp³-hybridized carbons (Fsp3) is 0.875. The summed E-state index contributed by atoms with van der Waals surface area (Å²) in [5.74, 6) is -0.0654. The maximum absolute atomic E-state index is 11.1. The number of piperidine rings is 1. The van der Waals surface area contributed by atoms with Gasteiger partial charge in [0.25, 0.3) is 0 Å². The zero-order chi connectivity index (χ0) is 8.97. The zero-order valence-corrected chi connectivity index (χ0v) is 7.25. The van der Waals surface area contributed by atoms with Crippen LogP contribution in [0.2, 0.25) is 0 Å². The summed E-state index contributed by atoms with van der Waals surface area (Å²) < 4.78 is 4.62. The van der Waals surface area contributed by atoms with Crippen molar-refractivity contribution in [1.82, 2.24) is 5.32 Å². The maximum Gasteiger partial charge on any atom is 0.309 e.